The molecule has 1 aromatic heterocycles. The lowest BCUT2D eigenvalue weighted by Gasteiger charge is -2.39. The summed E-state index contributed by atoms with van der Waals surface area (Å²) >= 11 is 1.35. The van der Waals surface area contributed by atoms with Gasteiger partial charge in [0.15, 0.2) is 0 Å². The van der Waals surface area contributed by atoms with Crippen LogP contribution in [0.25, 0.3) is 0 Å². The topological polar surface area (TPSA) is 69.7 Å². The number of carbonyl (C=O) groups excluding carboxylic acids is 3. The molecule has 0 aliphatic carbocycles. The maximum Gasteiger partial charge on any atom is 0.265 e. The first kappa shape index (κ1) is 22.7. The van der Waals surface area contributed by atoms with Crippen molar-refractivity contribution in [3.8, 4) is 0 Å². The first-order valence-electron chi connectivity index (χ1n) is 11.0. The summed E-state index contributed by atoms with van der Waals surface area (Å²) in [5.74, 6) is -0.320. The Bertz CT molecular complexity index is 1130. The highest BCUT2D eigenvalue weighted by atomic mass is 32.1. The lowest BCUT2D eigenvalue weighted by atomic mass is 9.83. The molecule has 0 radical (unpaired) electrons. The van der Waals surface area contributed by atoms with E-state index in [0.717, 1.165) is 5.56 Å². The van der Waals surface area contributed by atoms with Crippen molar-refractivity contribution in [3.63, 3.8) is 0 Å². The van der Waals surface area contributed by atoms with Gasteiger partial charge >= 0.3 is 0 Å². The largest absolute Gasteiger partial charge is 0.338 e. The minimum absolute atomic E-state index is 0.0596. The zero-order chi connectivity index (χ0) is 23.4. The third-order valence-electron chi connectivity index (χ3n) is 6.03. The Morgan fingerprint density at radius 3 is 2.12 bits per heavy atom. The number of anilines is 1. The molecule has 1 saturated heterocycles. The highest BCUT2D eigenvalue weighted by molar-refractivity contribution is 7.12. The molecule has 3 aromatic rings. The fourth-order valence-electron chi connectivity index (χ4n) is 4.03. The minimum atomic E-state index is -0.633. The van der Waals surface area contributed by atoms with Gasteiger partial charge in [-0.15, -0.1) is 11.3 Å². The van der Waals surface area contributed by atoms with Crippen LogP contribution in [0, 0.1) is 0 Å². The maximum atomic E-state index is 13.3. The summed E-state index contributed by atoms with van der Waals surface area (Å²) in [4.78, 5) is 43.1. The van der Waals surface area contributed by atoms with Gasteiger partial charge in [-0.05, 0) is 43.0 Å². The van der Waals surface area contributed by atoms with Crippen LogP contribution in [0.2, 0.25) is 0 Å². The Labute approximate surface area is 197 Å². The predicted octanol–water partition coefficient (Wildman–Crippen LogP) is 4.26. The zero-order valence-corrected chi connectivity index (χ0v) is 19.6. The highest BCUT2D eigenvalue weighted by Crippen LogP contribution is 2.27. The second kappa shape index (κ2) is 9.58. The van der Waals surface area contributed by atoms with Crippen molar-refractivity contribution in [2.24, 2.45) is 0 Å². The van der Waals surface area contributed by atoms with Gasteiger partial charge in [0.05, 0.1) is 21.5 Å². The molecule has 4 rings (SSSR count). The number of nitrogens with one attached hydrogen (secondary N) is 1. The monoisotopic (exact) mass is 461 g/mol. The van der Waals surface area contributed by atoms with Crippen molar-refractivity contribution in [1.29, 1.82) is 0 Å². The van der Waals surface area contributed by atoms with Crippen LogP contribution in [0.3, 0.4) is 0 Å². The van der Waals surface area contributed by atoms with Crippen molar-refractivity contribution in [1.82, 2.24) is 9.80 Å². The fourth-order valence-corrected chi connectivity index (χ4v) is 4.65. The molecule has 7 heteroatoms. The van der Waals surface area contributed by atoms with Gasteiger partial charge in [0, 0.05) is 26.2 Å². The molecule has 0 saturated carbocycles. The molecule has 0 unspecified atom stereocenters. The number of piperazine rings is 1. The summed E-state index contributed by atoms with van der Waals surface area (Å²) < 4.78 is 0. The number of hydrogen-bond donors (Lipinski definition) is 1. The molecular formula is C26H27N3O3S. The van der Waals surface area contributed by atoms with Gasteiger partial charge in [-0.3, -0.25) is 14.4 Å². The number of carbonyl (C=O) groups is 3. The van der Waals surface area contributed by atoms with Crippen LogP contribution in [0.15, 0.2) is 72.1 Å². The lowest BCUT2D eigenvalue weighted by Crippen LogP contribution is -2.54. The predicted molar refractivity (Wildman–Crippen MR) is 131 cm³/mol. The summed E-state index contributed by atoms with van der Waals surface area (Å²) in [5.41, 5.74) is 1.28. The molecule has 33 heavy (non-hydrogen) atoms. The van der Waals surface area contributed by atoms with Gasteiger partial charge in [0.25, 0.3) is 11.8 Å². The fraction of sp³-hybridized carbons (Fsp3) is 0.269. The number of hydrogen-bond acceptors (Lipinski definition) is 4. The molecule has 2 heterocycles. The highest BCUT2D eigenvalue weighted by Gasteiger charge is 2.36. The number of thiophene rings is 1. The van der Waals surface area contributed by atoms with Gasteiger partial charge in [0.1, 0.15) is 0 Å². The second-order valence-corrected chi connectivity index (χ2v) is 9.50. The van der Waals surface area contributed by atoms with E-state index in [-0.39, 0.29) is 17.7 Å². The second-order valence-electron chi connectivity index (χ2n) is 8.55. The van der Waals surface area contributed by atoms with E-state index >= 15 is 0 Å². The molecule has 0 bridgehead atoms. The van der Waals surface area contributed by atoms with Crippen LogP contribution < -0.4 is 5.32 Å². The Balaban J connectivity index is 1.42. The van der Waals surface area contributed by atoms with Crippen LogP contribution in [0.4, 0.5) is 5.69 Å². The minimum Gasteiger partial charge on any atom is -0.338 e. The molecule has 170 valence electrons. The van der Waals surface area contributed by atoms with Crippen LogP contribution in [-0.2, 0) is 10.2 Å². The van der Waals surface area contributed by atoms with Gasteiger partial charge in [-0.2, -0.15) is 0 Å². The SMILES string of the molecule is CC(C)(C(=O)N1CCN(C(=O)c2ccccc2NC(=O)c2cccs2)CC1)c1ccccc1. The molecule has 0 atom stereocenters. The lowest BCUT2D eigenvalue weighted by molar-refractivity contribution is -0.137. The number of benzene rings is 2. The van der Waals surface area contributed by atoms with Gasteiger partial charge < -0.3 is 15.1 Å². The standard InChI is InChI=1S/C26H27N3O3S/c1-26(2,19-9-4-3-5-10-19)25(32)29-16-14-28(15-17-29)24(31)20-11-6-7-12-21(20)27-23(30)22-13-8-18-33-22/h3-13,18H,14-17H2,1-2H3,(H,27,30). The molecule has 1 aliphatic heterocycles. The van der Waals surface area contributed by atoms with Crippen molar-refractivity contribution in [2.75, 3.05) is 31.5 Å². The van der Waals surface area contributed by atoms with Crippen LogP contribution in [-0.4, -0.2) is 53.7 Å². The first-order valence-corrected chi connectivity index (χ1v) is 11.8. The Morgan fingerprint density at radius 1 is 0.818 bits per heavy atom. The van der Waals surface area contributed by atoms with Gasteiger partial charge in [-0.1, -0.05) is 48.5 Å². The van der Waals surface area contributed by atoms with E-state index in [2.05, 4.69) is 5.32 Å². The molecular weight excluding hydrogens is 434 g/mol. The van der Waals surface area contributed by atoms with Crippen molar-refractivity contribution >= 4 is 34.7 Å². The molecule has 1 fully saturated rings. The normalized spacial score (nSPS) is 14.1. The Morgan fingerprint density at radius 2 is 1.45 bits per heavy atom. The average Bonchev–Trinajstić information content (AvgIpc) is 3.39. The molecule has 3 amide bonds. The molecule has 6 nitrogen and oxygen atoms in total. The van der Waals surface area contributed by atoms with Gasteiger partial charge in [-0.25, -0.2) is 0 Å². The van der Waals surface area contributed by atoms with E-state index < -0.39 is 5.41 Å². The summed E-state index contributed by atoms with van der Waals surface area (Å²) in [6.45, 7) is 5.73. The Kier molecular flexibility index (Phi) is 6.60. The maximum absolute atomic E-state index is 13.3. The number of rotatable bonds is 5. The van der Waals surface area contributed by atoms with Crippen molar-refractivity contribution in [2.45, 2.75) is 19.3 Å². The van der Waals surface area contributed by atoms with Crippen molar-refractivity contribution < 1.29 is 14.4 Å². The third-order valence-corrected chi connectivity index (χ3v) is 6.90. The summed E-state index contributed by atoms with van der Waals surface area (Å²) in [6, 6.07) is 20.4. The van der Waals surface area contributed by atoms with Crippen LogP contribution >= 0.6 is 11.3 Å². The van der Waals surface area contributed by atoms with Gasteiger partial charge in [0.2, 0.25) is 5.91 Å². The summed E-state index contributed by atoms with van der Waals surface area (Å²) in [5, 5.41) is 4.70. The van der Waals surface area contributed by atoms with Crippen LogP contribution in [0.5, 0.6) is 0 Å². The number of amides is 3. The van der Waals surface area contributed by atoms with E-state index in [1.54, 1.807) is 35.2 Å². The van der Waals surface area contributed by atoms with Crippen LogP contribution in [0.1, 0.15) is 39.4 Å². The van der Waals surface area contributed by atoms with E-state index in [1.807, 2.05) is 60.5 Å². The summed E-state index contributed by atoms with van der Waals surface area (Å²) in [7, 11) is 0. The van der Waals surface area contributed by atoms with E-state index in [1.165, 1.54) is 11.3 Å². The van der Waals surface area contributed by atoms with E-state index in [9.17, 15) is 14.4 Å². The number of para-hydroxylation sites is 1. The molecule has 1 aliphatic rings. The molecule has 1 N–H and O–H groups in total. The van der Waals surface area contributed by atoms with Crippen molar-refractivity contribution in [3.05, 3.63) is 88.1 Å². The molecule has 2 aromatic carbocycles. The first-order chi connectivity index (χ1) is 15.9. The molecule has 0 spiro atoms. The smallest absolute Gasteiger partial charge is 0.265 e. The summed E-state index contributed by atoms with van der Waals surface area (Å²) in [6.07, 6.45) is 0. The zero-order valence-electron chi connectivity index (χ0n) is 18.8. The van der Waals surface area contributed by atoms with E-state index in [4.69, 9.17) is 0 Å². The quantitative estimate of drug-likeness (QED) is 0.617. The van der Waals surface area contributed by atoms with E-state index in [0.29, 0.717) is 42.3 Å². The third kappa shape index (κ3) is 4.83. The average molecular weight is 462 g/mol. The number of nitrogens with zero attached hydrogens (tertiary/aromatic N) is 2. The Hall–Kier alpha value is -3.45.